The van der Waals surface area contributed by atoms with E-state index in [-0.39, 0.29) is 5.91 Å². The van der Waals surface area contributed by atoms with Crippen molar-refractivity contribution in [3.63, 3.8) is 0 Å². The second-order valence-corrected chi connectivity index (χ2v) is 6.79. The lowest BCUT2D eigenvalue weighted by Gasteiger charge is -2.25. The lowest BCUT2D eigenvalue weighted by Crippen LogP contribution is -2.31. The molecular formula is C20H25NO3. The number of hydrogen-bond donors (Lipinski definition) is 1. The first-order valence-electron chi connectivity index (χ1n) is 8.71. The van der Waals surface area contributed by atoms with Crippen molar-refractivity contribution in [2.45, 2.75) is 45.6 Å². The highest BCUT2D eigenvalue weighted by molar-refractivity contribution is 5.91. The van der Waals surface area contributed by atoms with Crippen molar-refractivity contribution in [3.8, 4) is 5.75 Å². The highest BCUT2D eigenvalue weighted by Gasteiger charge is 2.19. The third-order valence-corrected chi connectivity index (χ3v) is 4.59. The molecule has 0 radical (unpaired) electrons. The van der Waals surface area contributed by atoms with Crippen molar-refractivity contribution >= 4 is 5.91 Å². The summed E-state index contributed by atoms with van der Waals surface area (Å²) in [6.07, 6.45) is 3.71. The SMILES string of the molecule is CC(C)c1ccc(OCc2ccc(C(=O)NCC3CCC3)o2)cc1. The summed E-state index contributed by atoms with van der Waals surface area (Å²) in [5, 5.41) is 2.93. The molecule has 3 rings (SSSR count). The molecule has 1 aliphatic carbocycles. The van der Waals surface area contributed by atoms with Crippen LogP contribution in [0.1, 0.15) is 60.9 Å². The summed E-state index contributed by atoms with van der Waals surface area (Å²) in [7, 11) is 0. The maximum atomic E-state index is 12.0. The molecule has 1 aliphatic rings. The van der Waals surface area contributed by atoms with Crippen molar-refractivity contribution < 1.29 is 13.9 Å². The molecule has 1 saturated carbocycles. The van der Waals surface area contributed by atoms with Gasteiger partial charge in [-0.25, -0.2) is 0 Å². The minimum Gasteiger partial charge on any atom is -0.486 e. The minimum absolute atomic E-state index is 0.144. The number of carbonyl (C=O) groups is 1. The number of benzene rings is 1. The Morgan fingerprint density at radius 1 is 1.21 bits per heavy atom. The van der Waals surface area contributed by atoms with Gasteiger partial charge in [0.15, 0.2) is 5.76 Å². The Morgan fingerprint density at radius 2 is 1.96 bits per heavy atom. The normalized spacial score (nSPS) is 14.5. The van der Waals surface area contributed by atoms with Gasteiger partial charge in [0, 0.05) is 6.54 Å². The minimum atomic E-state index is -0.144. The van der Waals surface area contributed by atoms with Crippen LogP contribution in [-0.2, 0) is 6.61 Å². The fourth-order valence-corrected chi connectivity index (χ4v) is 2.70. The molecule has 2 aromatic rings. The third-order valence-electron chi connectivity index (χ3n) is 4.59. The highest BCUT2D eigenvalue weighted by atomic mass is 16.5. The van der Waals surface area contributed by atoms with E-state index in [0.29, 0.717) is 30.0 Å². The molecule has 4 nitrogen and oxygen atoms in total. The number of rotatable bonds is 7. The Morgan fingerprint density at radius 3 is 2.58 bits per heavy atom. The molecule has 1 aromatic heterocycles. The highest BCUT2D eigenvalue weighted by Crippen LogP contribution is 2.25. The van der Waals surface area contributed by atoms with E-state index in [1.54, 1.807) is 12.1 Å². The Hall–Kier alpha value is -2.23. The van der Waals surface area contributed by atoms with Gasteiger partial charge in [-0.15, -0.1) is 0 Å². The fraction of sp³-hybridized carbons (Fsp3) is 0.450. The summed E-state index contributed by atoms with van der Waals surface area (Å²) in [4.78, 5) is 12.0. The average Bonchev–Trinajstić information content (AvgIpc) is 3.00. The lowest BCUT2D eigenvalue weighted by molar-refractivity contribution is 0.0907. The molecule has 1 N–H and O–H groups in total. The van der Waals surface area contributed by atoms with E-state index >= 15 is 0 Å². The van der Waals surface area contributed by atoms with Gasteiger partial charge >= 0.3 is 0 Å². The summed E-state index contributed by atoms with van der Waals surface area (Å²) in [6, 6.07) is 11.6. The van der Waals surface area contributed by atoms with Gasteiger partial charge in [-0.3, -0.25) is 4.79 Å². The molecule has 4 heteroatoms. The van der Waals surface area contributed by atoms with Gasteiger partial charge in [0.25, 0.3) is 5.91 Å². The Balaban J connectivity index is 1.49. The van der Waals surface area contributed by atoms with Gasteiger partial charge in [-0.2, -0.15) is 0 Å². The first kappa shape index (κ1) is 16.6. The molecule has 0 spiro atoms. The lowest BCUT2D eigenvalue weighted by atomic mass is 9.85. The zero-order chi connectivity index (χ0) is 16.9. The number of furan rings is 1. The number of nitrogens with one attached hydrogen (secondary N) is 1. The maximum absolute atomic E-state index is 12.0. The summed E-state index contributed by atoms with van der Waals surface area (Å²) in [6.45, 7) is 5.39. The van der Waals surface area contributed by atoms with E-state index < -0.39 is 0 Å². The second-order valence-electron chi connectivity index (χ2n) is 6.79. The molecule has 0 atom stereocenters. The Bertz CT molecular complexity index is 668. The van der Waals surface area contributed by atoms with E-state index in [1.165, 1.54) is 24.8 Å². The van der Waals surface area contributed by atoms with Crippen molar-refractivity contribution in [2.24, 2.45) is 5.92 Å². The number of carbonyl (C=O) groups excluding carboxylic acids is 1. The quantitative estimate of drug-likeness (QED) is 0.814. The summed E-state index contributed by atoms with van der Waals surface area (Å²) >= 11 is 0. The van der Waals surface area contributed by atoms with Crippen LogP contribution in [0.2, 0.25) is 0 Å². The number of amides is 1. The van der Waals surface area contributed by atoms with Gasteiger partial charge in [0.2, 0.25) is 0 Å². The van der Waals surface area contributed by atoms with Gasteiger partial charge in [0.1, 0.15) is 18.1 Å². The molecule has 1 amide bonds. The second kappa shape index (κ2) is 7.56. The van der Waals surface area contributed by atoms with Crippen LogP contribution >= 0.6 is 0 Å². The van der Waals surface area contributed by atoms with E-state index in [2.05, 4.69) is 31.3 Å². The van der Waals surface area contributed by atoms with Gasteiger partial charge in [0.05, 0.1) is 0 Å². The molecular weight excluding hydrogens is 302 g/mol. The van der Waals surface area contributed by atoms with Crippen LogP contribution in [-0.4, -0.2) is 12.5 Å². The van der Waals surface area contributed by atoms with Crippen LogP contribution in [0.4, 0.5) is 0 Å². The molecule has 1 fully saturated rings. The average molecular weight is 327 g/mol. The molecule has 0 aliphatic heterocycles. The molecule has 0 saturated heterocycles. The van der Waals surface area contributed by atoms with Gasteiger partial charge in [-0.1, -0.05) is 32.4 Å². The number of hydrogen-bond acceptors (Lipinski definition) is 3. The molecule has 0 bridgehead atoms. The van der Waals surface area contributed by atoms with Gasteiger partial charge < -0.3 is 14.5 Å². The zero-order valence-corrected chi connectivity index (χ0v) is 14.4. The van der Waals surface area contributed by atoms with E-state index in [1.807, 2.05) is 12.1 Å². The summed E-state index contributed by atoms with van der Waals surface area (Å²) in [5.41, 5.74) is 1.28. The first-order chi connectivity index (χ1) is 11.6. The third kappa shape index (κ3) is 4.19. The van der Waals surface area contributed by atoms with Crippen LogP contribution in [0.3, 0.4) is 0 Å². The largest absolute Gasteiger partial charge is 0.486 e. The Kier molecular flexibility index (Phi) is 5.24. The summed E-state index contributed by atoms with van der Waals surface area (Å²) < 4.78 is 11.3. The van der Waals surface area contributed by atoms with Crippen LogP contribution in [0.15, 0.2) is 40.8 Å². The molecule has 1 heterocycles. The fourth-order valence-electron chi connectivity index (χ4n) is 2.70. The van der Waals surface area contributed by atoms with E-state index in [9.17, 15) is 4.79 Å². The zero-order valence-electron chi connectivity index (χ0n) is 14.4. The summed E-state index contributed by atoms with van der Waals surface area (Å²) in [5.74, 6) is 2.80. The monoisotopic (exact) mass is 327 g/mol. The topological polar surface area (TPSA) is 51.5 Å². The predicted molar refractivity (Wildman–Crippen MR) is 93.2 cm³/mol. The molecule has 0 unspecified atom stereocenters. The predicted octanol–water partition coefficient (Wildman–Crippen LogP) is 4.51. The van der Waals surface area contributed by atoms with Crippen molar-refractivity contribution in [2.75, 3.05) is 6.54 Å². The standard InChI is InChI=1S/C20H25NO3/c1-14(2)16-6-8-17(9-7-16)23-13-18-10-11-19(24-18)20(22)21-12-15-4-3-5-15/h6-11,14-15H,3-5,12-13H2,1-2H3,(H,21,22). The van der Waals surface area contributed by atoms with E-state index in [4.69, 9.17) is 9.15 Å². The van der Waals surface area contributed by atoms with E-state index in [0.717, 1.165) is 12.3 Å². The maximum Gasteiger partial charge on any atom is 0.287 e. The first-order valence-corrected chi connectivity index (χ1v) is 8.71. The van der Waals surface area contributed by atoms with Crippen molar-refractivity contribution in [1.82, 2.24) is 5.32 Å². The van der Waals surface area contributed by atoms with Crippen LogP contribution < -0.4 is 10.1 Å². The van der Waals surface area contributed by atoms with Crippen LogP contribution in [0.25, 0.3) is 0 Å². The molecule has 128 valence electrons. The van der Waals surface area contributed by atoms with Crippen LogP contribution in [0, 0.1) is 5.92 Å². The Labute approximate surface area is 143 Å². The molecule has 24 heavy (non-hydrogen) atoms. The number of ether oxygens (including phenoxy) is 1. The van der Waals surface area contributed by atoms with Crippen molar-refractivity contribution in [3.05, 3.63) is 53.5 Å². The smallest absolute Gasteiger partial charge is 0.287 e. The van der Waals surface area contributed by atoms with Crippen LogP contribution in [0.5, 0.6) is 5.75 Å². The van der Waals surface area contributed by atoms with Gasteiger partial charge in [-0.05, 0) is 54.5 Å². The van der Waals surface area contributed by atoms with Crippen molar-refractivity contribution in [1.29, 1.82) is 0 Å². The molecule has 1 aromatic carbocycles.